The largest absolute Gasteiger partial charge is 0.378 e. The summed E-state index contributed by atoms with van der Waals surface area (Å²) in [6.45, 7) is 4.55. The minimum Gasteiger partial charge on any atom is -0.378 e. The third kappa shape index (κ3) is 8.41. The molecule has 0 atom stereocenters. The van der Waals surface area contributed by atoms with Gasteiger partial charge in [-0.25, -0.2) is 5.48 Å². The normalized spacial score (nSPS) is 14.7. The Balaban J connectivity index is 1.57. The van der Waals surface area contributed by atoms with Crippen molar-refractivity contribution in [3.05, 3.63) is 29.8 Å². The Hall–Kier alpha value is -2.12. The fraction of sp³-hybridized carbons (Fsp3) is 0.636. The van der Waals surface area contributed by atoms with Gasteiger partial charge in [0.2, 0.25) is 11.8 Å². The van der Waals surface area contributed by atoms with Crippen molar-refractivity contribution in [2.45, 2.75) is 44.9 Å². The predicted octanol–water partition coefficient (Wildman–Crippen LogP) is 2.29. The lowest BCUT2D eigenvalue weighted by Gasteiger charge is -2.34. The van der Waals surface area contributed by atoms with Gasteiger partial charge in [0.05, 0.1) is 0 Å². The van der Waals surface area contributed by atoms with Crippen LogP contribution in [0.25, 0.3) is 0 Å². The van der Waals surface area contributed by atoms with E-state index in [0.717, 1.165) is 64.8 Å². The molecule has 1 aliphatic heterocycles. The molecule has 29 heavy (non-hydrogen) atoms. The molecule has 0 saturated carbocycles. The lowest BCUT2D eigenvalue weighted by atomic mass is 10.1. The van der Waals surface area contributed by atoms with E-state index in [1.54, 1.807) is 5.48 Å². The second-order valence-corrected chi connectivity index (χ2v) is 7.98. The third-order valence-electron chi connectivity index (χ3n) is 5.56. The van der Waals surface area contributed by atoms with E-state index in [2.05, 4.69) is 48.2 Å². The first-order valence-corrected chi connectivity index (χ1v) is 10.7. The fourth-order valence-electron chi connectivity index (χ4n) is 3.60. The van der Waals surface area contributed by atoms with Crippen LogP contribution in [0.2, 0.25) is 0 Å². The lowest BCUT2D eigenvalue weighted by Crippen LogP contribution is -2.49. The molecule has 1 aromatic carbocycles. The molecule has 1 heterocycles. The maximum absolute atomic E-state index is 12.4. The highest BCUT2D eigenvalue weighted by molar-refractivity contribution is 5.76. The van der Waals surface area contributed by atoms with Gasteiger partial charge >= 0.3 is 0 Å². The van der Waals surface area contributed by atoms with Crippen LogP contribution in [-0.2, 0) is 16.0 Å². The van der Waals surface area contributed by atoms with E-state index in [0.29, 0.717) is 12.8 Å². The summed E-state index contributed by atoms with van der Waals surface area (Å²) in [6, 6.07) is 8.72. The van der Waals surface area contributed by atoms with Crippen LogP contribution in [0.1, 0.15) is 44.1 Å². The molecule has 1 fully saturated rings. The Morgan fingerprint density at radius 2 is 1.59 bits per heavy atom. The number of rotatable bonds is 11. The van der Waals surface area contributed by atoms with E-state index in [9.17, 15) is 9.59 Å². The SMILES string of the molecule is CN(C)c1ccc(CCN2CCN(C(=O)CCCCCCC(=O)NO)CC2)cc1. The Morgan fingerprint density at radius 1 is 0.966 bits per heavy atom. The molecule has 0 aromatic heterocycles. The number of amides is 2. The summed E-state index contributed by atoms with van der Waals surface area (Å²) < 4.78 is 0. The maximum Gasteiger partial charge on any atom is 0.243 e. The van der Waals surface area contributed by atoms with E-state index in [1.165, 1.54) is 11.3 Å². The molecular weight excluding hydrogens is 368 g/mol. The average Bonchev–Trinajstić information content (AvgIpc) is 2.74. The van der Waals surface area contributed by atoms with Gasteiger partial charge in [0, 0.05) is 65.3 Å². The van der Waals surface area contributed by atoms with E-state index in [4.69, 9.17) is 5.21 Å². The minimum atomic E-state index is -0.343. The van der Waals surface area contributed by atoms with Crippen LogP contribution in [-0.4, -0.2) is 73.6 Å². The van der Waals surface area contributed by atoms with Gasteiger partial charge in [-0.2, -0.15) is 0 Å². The number of nitrogens with one attached hydrogen (secondary N) is 1. The van der Waals surface area contributed by atoms with Crippen molar-refractivity contribution in [1.29, 1.82) is 0 Å². The zero-order valence-electron chi connectivity index (χ0n) is 17.9. The summed E-state index contributed by atoms with van der Waals surface area (Å²) in [4.78, 5) is 29.8. The van der Waals surface area contributed by atoms with Crippen molar-refractivity contribution in [3.63, 3.8) is 0 Å². The number of unbranched alkanes of at least 4 members (excludes halogenated alkanes) is 3. The number of benzene rings is 1. The summed E-state index contributed by atoms with van der Waals surface area (Å²) in [5.74, 6) is -0.0958. The number of hydrogen-bond donors (Lipinski definition) is 2. The molecular formula is C22H36N4O3. The van der Waals surface area contributed by atoms with E-state index in [-0.39, 0.29) is 11.8 Å². The number of hydrogen-bond acceptors (Lipinski definition) is 5. The van der Waals surface area contributed by atoms with Crippen LogP contribution >= 0.6 is 0 Å². The van der Waals surface area contributed by atoms with Crippen molar-refractivity contribution in [2.75, 3.05) is 51.7 Å². The van der Waals surface area contributed by atoms with Crippen molar-refractivity contribution < 1.29 is 14.8 Å². The Bertz CT molecular complexity index is 625. The van der Waals surface area contributed by atoms with Crippen LogP contribution in [0.3, 0.4) is 0 Å². The van der Waals surface area contributed by atoms with Crippen LogP contribution in [0.4, 0.5) is 5.69 Å². The van der Waals surface area contributed by atoms with Crippen molar-refractivity contribution in [1.82, 2.24) is 15.3 Å². The van der Waals surface area contributed by atoms with Crippen molar-refractivity contribution in [3.8, 4) is 0 Å². The topological polar surface area (TPSA) is 76.1 Å². The highest BCUT2D eigenvalue weighted by Gasteiger charge is 2.20. The predicted molar refractivity (Wildman–Crippen MR) is 115 cm³/mol. The minimum absolute atomic E-state index is 0.247. The number of nitrogens with zero attached hydrogens (tertiary/aromatic N) is 3. The number of hydroxylamine groups is 1. The molecule has 0 aliphatic carbocycles. The third-order valence-corrected chi connectivity index (χ3v) is 5.56. The number of piperazine rings is 1. The molecule has 2 rings (SSSR count). The standard InChI is InChI=1S/C22H36N4O3/c1-24(2)20-11-9-19(10-12-20)13-14-25-15-17-26(18-16-25)22(28)8-6-4-3-5-7-21(27)23-29/h9-12,29H,3-8,13-18H2,1-2H3,(H,23,27). The van der Waals surface area contributed by atoms with E-state index >= 15 is 0 Å². The molecule has 2 N–H and O–H groups in total. The Labute approximate surface area is 174 Å². The highest BCUT2D eigenvalue weighted by Crippen LogP contribution is 2.14. The Morgan fingerprint density at radius 3 is 2.17 bits per heavy atom. The van der Waals surface area contributed by atoms with Crippen LogP contribution in [0.5, 0.6) is 0 Å². The summed E-state index contributed by atoms with van der Waals surface area (Å²) >= 11 is 0. The smallest absolute Gasteiger partial charge is 0.243 e. The monoisotopic (exact) mass is 404 g/mol. The van der Waals surface area contributed by atoms with Gasteiger partial charge in [0.1, 0.15) is 0 Å². The molecule has 7 heteroatoms. The molecule has 1 aromatic rings. The highest BCUT2D eigenvalue weighted by atomic mass is 16.5. The summed E-state index contributed by atoms with van der Waals surface area (Å²) in [5, 5.41) is 8.44. The van der Waals surface area contributed by atoms with Gasteiger partial charge in [0.15, 0.2) is 0 Å². The number of carbonyl (C=O) groups is 2. The molecule has 1 aliphatic rings. The first kappa shape index (κ1) is 23.2. The van der Waals surface area contributed by atoms with E-state index < -0.39 is 0 Å². The molecule has 0 radical (unpaired) electrons. The molecule has 0 unspecified atom stereocenters. The molecule has 162 valence electrons. The first-order valence-electron chi connectivity index (χ1n) is 10.7. The second kappa shape index (κ2) is 12.4. The van der Waals surface area contributed by atoms with Crippen LogP contribution in [0, 0.1) is 0 Å². The zero-order valence-corrected chi connectivity index (χ0v) is 17.9. The van der Waals surface area contributed by atoms with Gasteiger partial charge < -0.3 is 9.80 Å². The quantitative estimate of drug-likeness (QED) is 0.336. The summed E-state index contributed by atoms with van der Waals surface area (Å²) in [5.41, 5.74) is 4.21. The molecule has 7 nitrogen and oxygen atoms in total. The fourth-order valence-corrected chi connectivity index (χ4v) is 3.60. The average molecular weight is 405 g/mol. The van der Waals surface area contributed by atoms with Gasteiger partial charge in [-0.1, -0.05) is 25.0 Å². The Kier molecular flexibility index (Phi) is 9.94. The molecule has 0 bridgehead atoms. The zero-order chi connectivity index (χ0) is 21.1. The van der Waals surface area contributed by atoms with Gasteiger partial charge in [-0.05, 0) is 37.0 Å². The summed E-state index contributed by atoms with van der Waals surface area (Å²) in [6.07, 6.45) is 5.42. The van der Waals surface area contributed by atoms with Crippen molar-refractivity contribution in [2.24, 2.45) is 0 Å². The first-order chi connectivity index (χ1) is 14.0. The van der Waals surface area contributed by atoms with Gasteiger partial charge in [-0.3, -0.25) is 19.7 Å². The molecule has 0 spiro atoms. The molecule has 2 amide bonds. The molecule has 1 saturated heterocycles. The van der Waals surface area contributed by atoms with Crippen LogP contribution in [0.15, 0.2) is 24.3 Å². The van der Waals surface area contributed by atoms with Gasteiger partial charge in [0.25, 0.3) is 0 Å². The maximum atomic E-state index is 12.4. The van der Waals surface area contributed by atoms with E-state index in [1.807, 2.05) is 4.90 Å². The number of carbonyl (C=O) groups excluding carboxylic acids is 2. The number of anilines is 1. The van der Waals surface area contributed by atoms with Crippen LogP contribution < -0.4 is 10.4 Å². The summed E-state index contributed by atoms with van der Waals surface area (Å²) in [7, 11) is 4.10. The van der Waals surface area contributed by atoms with Gasteiger partial charge in [-0.15, -0.1) is 0 Å². The van der Waals surface area contributed by atoms with Crippen molar-refractivity contribution >= 4 is 17.5 Å². The second-order valence-electron chi connectivity index (χ2n) is 7.98. The lowest BCUT2D eigenvalue weighted by molar-refractivity contribution is -0.133.